The molecule has 6 heteroatoms. The lowest BCUT2D eigenvalue weighted by Crippen LogP contribution is -2.27. The third-order valence-corrected chi connectivity index (χ3v) is 5.16. The smallest absolute Gasteiger partial charge is 0.257 e. The molecule has 2 rings (SSSR count). The molecule has 0 spiro atoms. The molecule has 4 nitrogen and oxygen atoms in total. The Labute approximate surface area is 164 Å². The second-order valence-corrected chi connectivity index (χ2v) is 6.99. The number of carbonyl (C=O) groups is 1. The van der Waals surface area contributed by atoms with E-state index in [9.17, 15) is 4.79 Å². The molecule has 0 fully saturated rings. The van der Waals surface area contributed by atoms with Crippen LogP contribution < -0.4 is 10.1 Å². The van der Waals surface area contributed by atoms with Gasteiger partial charge in [0.05, 0.1) is 10.6 Å². The van der Waals surface area contributed by atoms with Gasteiger partial charge in [-0.3, -0.25) is 4.79 Å². The van der Waals surface area contributed by atoms with Crippen LogP contribution in [-0.2, 0) is 0 Å². The second-order valence-electron chi connectivity index (χ2n) is 5.70. The zero-order valence-corrected chi connectivity index (χ0v) is 17.0. The highest BCUT2D eigenvalue weighted by Gasteiger charge is 2.11. The lowest BCUT2D eigenvalue weighted by Gasteiger charge is -2.18. The van der Waals surface area contributed by atoms with Gasteiger partial charge in [0.25, 0.3) is 5.91 Å². The Hall–Kier alpha value is -1.69. The van der Waals surface area contributed by atoms with Gasteiger partial charge in [0.1, 0.15) is 12.4 Å². The molecule has 0 aliphatic rings. The summed E-state index contributed by atoms with van der Waals surface area (Å²) < 4.78 is 5.76. The molecule has 0 heterocycles. The molecule has 0 aliphatic carbocycles. The third-order valence-electron chi connectivity index (χ3n) is 4.10. The van der Waals surface area contributed by atoms with E-state index in [1.165, 1.54) is 0 Å². The highest BCUT2D eigenvalue weighted by atomic mass is 35.5. The number of amides is 1. The van der Waals surface area contributed by atoms with E-state index in [2.05, 4.69) is 24.1 Å². The number of anilines is 1. The standard InChI is InChI=1S/C20H25ClN2O2S/c1-4-23(5-2)12-13-25-16-8-6-15(7-9-16)22-20(24)18-14-17(26-3)10-11-19(18)21/h6-11,14H,4-5,12-13H2,1-3H3,(H,22,24). The highest BCUT2D eigenvalue weighted by molar-refractivity contribution is 7.98. The van der Waals surface area contributed by atoms with Gasteiger partial charge in [0.15, 0.2) is 0 Å². The molecule has 0 aromatic heterocycles. The molecular weight excluding hydrogens is 368 g/mol. The van der Waals surface area contributed by atoms with Crippen LogP contribution in [0.2, 0.25) is 5.02 Å². The predicted octanol–water partition coefficient (Wildman–Crippen LogP) is 5.03. The predicted molar refractivity (Wildman–Crippen MR) is 111 cm³/mol. The number of nitrogens with one attached hydrogen (secondary N) is 1. The molecule has 2 aromatic rings. The van der Waals surface area contributed by atoms with Crippen LogP contribution in [0.15, 0.2) is 47.4 Å². The molecule has 0 atom stereocenters. The highest BCUT2D eigenvalue weighted by Crippen LogP contribution is 2.24. The summed E-state index contributed by atoms with van der Waals surface area (Å²) in [4.78, 5) is 15.8. The van der Waals surface area contributed by atoms with Gasteiger partial charge in [0, 0.05) is 17.1 Å². The Bertz CT molecular complexity index is 718. The molecule has 0 unspecified atom stereocenters. The van der Waals surface area contributed by atoms with Crippen molar-refractivity contribution in [2.24, 2.45) is 0 Å². The van der Waals surface area contributed by atoms with Gasteiger partial charge in [-0.1, -0.05) is 25.4 Å². The fourth-order valence-electron chi connectivity index (χ4n) is 2.47. The minimum absolute atomic E-state index is 0.221. The minimum Gasteiger partial charge on any atom is -0.492 e. The summed E-state index contributed by atoms with van der Waals surface area (Å²) in [6.07, 6.45) is 1.96. The molecule has 0 bridgehead atoms. The first-order chi connectivity index (χ1) is 12.6. The van der Waals surface area contributed by atoms with E-state index in [4.69, 9.17) is 16.3 Å². The number of thioether (sulfide) groups is 1. The maximum atomic E-state index is 12.5. The van der Waals surface area contributed by atoms with E-state index in [1.54, 1.807) is 23.9 Å². The molecule has 0 radical (unpaired) electrons. The monoisotopic (exact) mass is 392 g/mol. The van der Waals surface area contributed by atoms with Crippen molar-refractivity contribution >= 4 is 35.0 Å². The molecule has 1 N–H and O–H groups in total. The van der Waals surface area contributed by atoms with Crippen molar-refractivity contribution in [1.29, 1.82) is 0 Å². The summed E-state index contributed by atoms with van der Waals surface area (Å²) >= 11 is 7.72. The topological polar surface area (TPSA) is 41.6 Å². The normalized spacial score (nSPS) is 10.8. The van der Waals surface area contributed by atoms with Crippen LogP contribution in [0, 0.1) is 0 Å². The summed E-state index contributed by atoms with van der Waals surface area (Å²) in [6, 6.07) is 12.8. The quantitative estimate of drug-likeness (QED) is 0.607. The summed E-state index contributed by atoms with van der Waals surface area (Å²) in [5.41, 5.74) is 1.18. The number of likely N-dealkylation sites (N-methyl/N-ethyl adjacent to an activating group) is 1. The molecule has 0 saturated carbocycles. The summed E-state index contributed by atoms with van der Waals surface area (Å²) in [7, 11) is 0. The number of nitrogens with zero attached hydrogens (tertiary/aromatic N) is 1. The van der Waals surface area contributed by atoms with Crippen LogP contribution in [0.3, 0.4) is 0 Å². The Morgan fingerprint density at radius 1 is 1.15 bits per heavy atom. The van der Waals surface area contributed by atoms with Crippen molar-refractivity contribution in [2.75, 3.05) is 37.8 Å². The van der Waals surface area contributed by atoms with E-state index >= 15 is 0 Å². The van der Waals surface area contributed by atoms with E-state index in [1.807, 2.05) is 36.6 Å². The molecule has 26 heavy (non-hydrogen) atoms. The van der Waals surface area contributed by atoms with Crippen LogP contribution in [0.4, 0.5) is 5.69 Å². The van der Waals surface area contributed by atoms with Crippen LogP contribution in [0.5, 0.6) is 5.75 Å². The van der Waals surface area contributed by atoms with Gasteiger partial charge in [-0.05, 0) is 61.8 Å². The van der Waals surface area contributed by atoms with Crippen molar-refractivity contribution in [1.82, 2.24) is 4.90 Å². The van der Waals surface area contributed by atoms with Gasteiger partial charge in [0.2, 0.25) is 0 Å². The first-order valence-electron chi connectivity index (χ1n) is 8.67. The molecule has 2 aromatic carbocycles. The SMILES string of the molecule is CCN(CC)CCOc1ccc(NC(=O)c2cc(SC)ccc2Cl)cc1. The maximum absolute atomic E-state index is 12.5. The molecule has 1 amide bonds. The van der Waals surface area contributed by atoms with Gasteiger partial charge >= 0.3 is 0 Å². The van der Waals surface area contributed by atoms with Crippen molar-refractivity contribution in [2.45, 2.75) is 18.7 Å². The van der Waals surface area contributed by atoms with Crippen molar-refractivity contribution in [3.63, 3.8) is 0 Å². The lowest BCUT2D eigenvalue weighted by molar-refractivity contribution is 0.102. The van der Waals surface area contributed by atoms with Crippen LogP contribution in [-0.4, -0.2) is 43.3 Å². The first-order valence-corrected chi connectivity index (χ1v) is 10.3. The number of hydrogen-bond acceptors (Lipinski definition) is 4. The van der Waals surface area contributed by atoms with Crippen molar-refractivity contribution < 1.29 is 9.53 Å². The Kier molecular flexibility index (Phi) is 8.29. The fraction of sp³-hybridized carbons (Fsp3) is 0.350. The van der Waals surface area contributed by atoms with Gasteiger partial charge < -0.3 is 15.0 Å². The number of benzene rings is 2. The van der Waals surface area contributed by atoms with Gasteiger partial charge in [-0.25, -0.2) is 0 Å². The molecule has 0 aliphatic heterocycles. The van der Waals surface area contributed by atoms with E-state index in [-0.39, 0.29) is 5.91 Å². The number of halogens is 1. The number of rotatable bonds is 9. The Morgan fingerprint density at radius 3 is 2.46 bits per heavy atom. The molecular formula is C20H25ClN2O2S. The minimum atomic E-state index is -0.221. The summed E-state index contributed by atoms with van der Waals surface area (Å²) in [5, 5.41) is 3.32. The largest absolute Gasteiger partial charge is 0.492 e. The van der Waals surface area contributed by atoms with E-state index in [0.29, 0.717) is 22.9 Å². The van der Waals surface area contributed by atoms with Crippen LogP contribution >= 0.6 is 23.4 Å². The van der Waals surface area contributed by atoms with E-state index < -0.39 is 0 Å². The second kappa shape index (κ2) is 10.5. The zero-order valence-electron chi connectivity index (χ0n) is 15.4. The first kappa shape index (κ1) is 20.6. The van der Waals surface area contributed by atoms with Crippen LogP contribution in [0.1, 0.15) is 24.2 Å². The molecule has 0 saturated heterocycles. The van der Waals surface area contributed by atoms with Crippen LogP contribution in [0.25, 0.3) is 0 Å². The zero-order chi connectivity index (χ0) is 18.9. The van der Waals surface area contributed by atoms with Crippen molar-refractivity contribution in [3.8, 4) is 5.75 Å². The average molecular weight is 393 g/mol. The fourth-order valence-corrected chi connectivity index (χ4v) is 3.11. The van der Waals surface area contributed by atoms with Gasteiger partial charge in [-0.2, -0.15) is 0 Å². The van der Waals surface area contributed by atoms with Gasteiger partial charge in [-0.15, -0.1) is 11.8 Å². The summed E-state index contributed by atoms with van der Waals surface area (Å²) in [6.45, 7) is 7.86. The van der Waals surface area contributed by atoms with E-state index in [0.717, 1.165) is 30.3 Å². The lowest BCUT2D eigenvalue weighted by atomic mass is 10.2. The average Bonchev–Trinajstić information content (AvgIpc) is 2.67. The Balaban J connectivity index is 1.93. The number of hydrogen-bond donors (Lipinski definition) is 1. The number of carbonyl (C=O) groups excluding carboxylic acids is 1. The molecule has 140 valence electrons. The Morgan fingerprint density at radius 2 is 1.85 bits per heavy atom. The van der Waals surface area contributed by atoms with Crippen molar-refractivity contribution in [3.05, 3.63) is 53.1 Å². The maximum Gasteiger partial charge on any atom is 0.257 e. The third kappa shape index (κ3) is 5.94. The number of ether oxygens (including phenoxy) is 1. The summed E-state index contributed by atoms with van der Waals surface area (Å²) in [5.74, 6) is 0.568.